The molecule has 0 aliphatic heterocycles. The van der Waals surface area contributed by atoms with Gasteiger partial charge in [-0.05, 0) is 44.0 Å². The van der Waals surface area contributed by atoms with Crippen molar-refractivity contribution in [1.29, 1.82) is 0 Å². The van der Waals surface area contributed by atoms with E-state index in [9.17, 15) is 4.79 Å². The molecule has 2 aromatic rings. The van der Waals surface area contributed by atoms with Crippen molar-refractivity contribution in [1.82, 2.24) is 0 Å². The third-order valence-electron chi connectivity index (χ3n) is 2.80. The molecular weight excluding hydrogens is 284 g/mol. The molecule has 0 unspecified atom stereocenters. The Balaban J connectivity index is 2.40. The maximum atomic E-state index is 12.6. The van der Waals surface area contributed by atoms with Crippen molar-refractivity contribution < 1.29 is 9.53 Å². The zero-order valence-electron chi connectivity index (χ0n) is 12.4. The number of ether oxygens (including phenoxy) is 1. The van der Waals surface area contributed by atoms with E-state index in [0.717, 1.165) is 11.1 Å². The van der Waals surface area contributed by atoms with Crippen LogP contribution in [-0.4, -0.2) is 11.6 Å². The van der Waals surface area contributed by atoms with Gasteiger partial charge in [-0.15, -0.1) is 0 Å². The fourth-order valence-corrected chi connectivity index (χ4v) is 2.08. The molecule has 2 aromatic carbocycles. The monoisotopic (exact) mass is 301 g/mol. The number of benzene rings is 2. The molecule has 0 fully saturated rings. The predicted molar refractivity (Wildman–Crippen MR) is 85.2 cm³/mol. The Bertz CT molecular complexity index is 597. The summed E-state index contributed by atoms with van der Waals surface area (Å²) >= 11 is 5.92. The third kappa shape index (κ3) is 4.33. The van der Waals surface area contributed by atoms with Gasteiger partial charge in [-0.2, -0.15) is 0 Å². The van der Waals surface area contributed by atoms with Crippen molar-refractivity contribution in [3.8, 4) is 0 Å². The topological polar surface area (TPSA) is 26.3 Å². The summed E-state index contributed by atoms with van der Waals surface area (Å²) in [5, 5.41) is 0.635. The average Bonchev–Trinajstić information content (AvgIpc) is 2.40. The molecular formula is C18H18ClO2. The molecule has 0 bridgehead atoms. The lowest BCUT2D eigenvalue weighted by Crippen LogP contribution is -2.28. The first-order chi connectivity index (χ1) is 9.87. The Morgan fingerprint density at radius 2 is 1.43 bits per heavy atom. The van der Waals surface area contributed by atoms with E-state index in [1.807, 2.05) is 63.2 Å². The van der Waals surface area contributed by atoms with Crippen LogP contribution in [0.15, 0.2) is 54.6 Å². The number of carbonyl (C=O) groups excluding carboxylic acids is 1. The van der Waals surface area contributed by atoms with E-state index >= 15 is 0 Å². The van der Waals surface area contributed by atoms with Gasteiger partial charge in [0.1, 0.15) is 11.5 Å². The highest BCUT2D eigenvalue weighted by atomic mass is 35.5. The highest BCUT2D eigenvalue weighted by Crippen LogP contribution is 2.27. The van der Waals surface area contributed by atoms with E-state index in [-0.39, 0.29) is 5.97 Å². The van der Waals surface area contributed by atoms with Crippen molar-refractivity contribution in [2.24, 2.45) is 0 Å². The Morgan fingerprint density at radius 1 is 0.905 bits per heavy atom. The highest BCUT2D eigenvalue weighted by molar-refractivity contribution is 6.30. The lowest BCUT2D eigenvalue weighted by atomic mass is 9.91. The molecule has 3 heteroatoms. The number of esters is 1. The second-order valence-electron chi connectivity index (χ2n) is 5.75. The van der Waals surface area contributed by atoms with Crippen molar-refractivity contribution in [2.75, 3.05) is 0 Å². The Morgan fingerprint density at radius 3 is 1.95 bits per heavy atom. The molecule has 2 rings (SSSR count). The number of halogens is 1. The minimum absolute atomic E-state index is 0.337. The van der Waals surface area contributed by atoms with E-state index in [1.54, 1.807) is 12.1 Å². The van der Waals surface area contributed by atoms with Crippen LogP contribution in [-0.2, 0) is 9.53 Å². The van der Waals surface area contributed by atoms with E-state index in [0.29, 0.717) is 10.9 Å². The maximum absolute atomic E-state index is 12.6. The zero-order valence-corrected chi connectivity index (χ0v) is 13.1. The predicted octanol–water partition coefficient (Wildman–Crippen LogP) is 4.65. The van der Waals surface area contributed by atoms with Gasteiger partial charge in [-0.1, -0.05) is 54.1 Å². The summed E-state index contributed by atoms with van der Waals surface area (Å²) in [5.74, 6) is 0.207. The molecule has 0 saturated heterocycles. The summed E-state index contributed by atoms with van der Waals surface area (Å²) in [4.78, 5) is 12.6. The molecule has 0 aromatic heterocycles. The van der Waals surface area contributed by atoms with Crippen LogP contribution in [0.5, 0.6) is 0 Å². The second-order valence-corrected chi connectivity index (χ2v) is 6.19. The first-order valence-electron chi connectivity index (χ1n) is 6.78. The summed E-state index contributed by atoms with van der Waals surface area (Å²) in [6, 6.07) is 16.7. The van der Waals surface area contributed by atoms with Gasteiger partial charge in [-0.3, -0.25) is 4.79 Å². The standard InChI is InChI=1S/C18H18ClO2/c1-18(2,3)21-17(20)16(13-7-5-4-6-8-13)14-9-11-15(19)12-10-14/h4-12H,1-3H3. The van der Waals surface area contributed by atoms with E-state index in [2.05, 4.69) is 0 Å². The van der Waals surface area contributed by atoms with Crippen LogP contribution in [0.1, 0.15) is 31.9 Å². The van der Waals surface area contributed by atoms with Crippen LogP contribution in [0.2, 0.25) is 5.02 Å². The quantitative estimate of drug-likeness (QED) is 0.771. The van der Waals surface area contributed by atoms with Gasteiger partial charge in [0.15, 0.2) is 0 Å². The molecule has 2 nitrogen and oxygen atoms in total. The number of hydrogen-bond acceptors (Lipinski definition) is 2. The molecule has 0 atom stereocenters. The van der Waals surface area contributed by atoms with Crippen molar-refractivity contribution in [3.63, 3.8) is 0 Å². The minimum Gasteiger partial charge on any atom is -0.459 e. The summed E-state index contributed by atoms with van der Waals surface area (Å²) < 4.78 is 5.53. The maximum Gasteiger partial charge on any atom is 0.323 e. The largest absolute Gasteiger partial charge is 0.459 e. The number of hydrogen-bond donors (Lipinski definition) is 0. The van der Waals surface area contributed by atoms with Crippen LogP contribution in [0, 0.1) is 5.92 Å². The summed E-state index contributed by atoms with van der Waals surface area (Å²) in [7, 11) is 0. The first kappa shape index (κ1) is 15.6. The molecule has 0 N–H and O–H groups in total. The van der Waals surface area contributed by atoms with Crippen LogP contribution in [0.4, 0.5) is 0 Å². The van der Waals surface area contributed by atoms with Gasteiger partial charge in [-0.25, -0.2) is 0 Å². The fraction of sp³-hybridized carbons (Fsp3) is 0.222. The van der Waals surface area contributed by atoms with Gasteiger partial charge in [0.05, 0.1) is 0 Å². The van der Waals surface area contributed by atoms with Gasteiger partial charge in [0.25, 0.3) is 0 Å². The molecule has 0 saturated carbocycles. The fourth-order valence-electron chi connectivity index (χ4n) is 1.95. The van der Waals surface area contributed by atoms with Crippen LogP contribution in [0.3, 0.4) is 0 Å². The lowest BCUT2D eigenvalue weighted by molar-refractivity contribution is -0.151. The summed E-state index contributed by atoms with van der Waals surface area (Å²) in [5.41, 5.74) is 1.08. The lowest BCUT2D eigenvalue weighted by Gasteiger charge is -2.24. The van der Waals surface area contributed by atoms with E-state index < -0.39 is 5.60 Å². The van der Waals surface area contributed by atoms with Crippen LogP contribution < -0.4 is 0 Å². The number of rotatable bonds is 3. The summed E-state index contributed by atoms with van der Waals surface area (Å²) in [6.07, 6.45) is 0. The number of carbonyl (C=O) groups is 1. The molecule has 21 heavy (non-hydrogen) atoms. The Labute approximate surface area is 130 Å². The first-order valence-corrected chi connectivity index (χ1v) is 7.16. The third-order valence-corrected chi connectivity index (χ3v) is 3.05. The van der Waals surface area contributed by atoms with Gasteiger partial charge < -0.3 is 4.74 Å². The van der Waals surface area contributed by atoms with Gasteiger partial charge >= 0.3 is 5.97 Å². The highest BCUT2D eigenvalue weighted by Gasteiger charge is 2.29. The molecule has 0 aliphatic carbocycles. The molecule has 0 aliphatic rings. The second kappa shape index (κ2) is 6.31. The molecule has 0 spiro atoms. The molecule has 0 heterocycles. The normalized spacial score (nSPS) is 11.5. The summed E-state index contributed by atoms with van der Waals surface area (Å²) in [6.45, 7) is 5.57. The minimum atomic E-state index is -0.538. The Kier molecular flexibility index (Phi) is 4.69. The van der Waals surface area contributed by atoms with Crippen molar-refractivity contribution in [2.45, 2.75) is 26.4 Å². The van der Waals surface area contributed by atoms with Crippen LogP contribution in [0.25, 0.3) is 0 Å². The molecule has 1 radical (unpaired) electrons. The van der Waals surface area contributed by atoms with Crippen molar-refractivity contribution in [3.05, 3.63) is 76.7 Å². The van der Waals surface area contributed by atoms with E-state index in [1.165, 1.54) is 0 Å². The van der Waals surface area contributed by atoms with Crippen LogP contribution >= 0.6 is 11.6 Å². The van der Waals surface area contributed by atoms with Gasteiger partial charge in [0, 0.05) is 5.02 Å². The Hall–Kier alpha value is -1.80. The smallest absolute Gasteiger partial charge is 0.323 e. The van der Waals surface area contributed by atoms with E-state index in [4.69, 9.17) is 16.3 Å². The zero-order chi connectivity index (χ0) is 15.5. The van der Waals surface area contributed by atoms with Crippen molar-refractivity contribution >= 4 is 17.6 Å². The van der Waals surface area contributed by atoms with Gasteiger partial charge in [0.2, 0.25) is 0 Å². The SMILES string of the molecule is CC(C)(C)OC(=O)[C](c1ccccc1)c1ccc(Cl)cc1. The molecule has 109 valence electrons. The molecule has 0 amide bonds. The average molecular weight is 302 g/mol.